The summed E-state index contributed by atoms with van der Waals surface area (Å²) in [6.07, 6.45) is 2.53. The fourth-order valence-electron chi connectivity index (χ4n) is 2.77. The van der Waals surface area contributed by atoms with E-state index < -0.39 is 5.97 Å². The Balaban J connectivity index is 1.86. The molecule has 0 aliphatic carbocycles. The number of hydrogen-bond donors (Lipinski definition) is 1. The second kappa shape index (κ2) is 5.50. The Labute approximate surface area is 125 Å². The molecule has 0 spiro atoms. The molecule has 1 aromatic carbocycles. The third kappa shape index (κ3) is 2.69. The lowest BCUT2D eigenvalue weighted by molar-refractivity contribution is -0.141. The van der Waals surface area contributed by atoms with Gasteiger partial charge in [0.1, 0.15) is 0 Å². The maximum atomic E-state index is 11.0. The Morgan fingerprint density at radius 3 is 3.10 bits per heavy atom. The third-order valence-corrected chi connectivity index (χ3v) is 4.22. The van der Waals surface area contributed by atoms with Gasteiger partial charge in [-0.3, -0.25) is 14.7 Å². The first kappa shape index (κ1) is 13.5. The molecule has 2 heterocycles. The van der Waals surface area contributed by atoms with E-state index in [1.54, 1.807) is 6.20 Å². The molecule has 0 bridgehead atoms. The number of rotatable bonds is 3. The molecule has 2 aromatic rings. The Morgan fingerprint density at radius 1 is 1.50 bits per heavy atom. The van der Waals surface area contributed by atoms with Crippen LogP contribution in [0, 0.1) is 5.92 Å². The number of benzene rings is 1. The number of pyridine rings is 1. The van der Waals surface area contributed by atoms with Crippen molar-refractivity contribution in [1.29, 1.82) is 0 Å². The summed E-state index contributed by atoms with van der Waals surface area (Å²) in [5, 5.41) is 10.2. The molecule has 1 atom stereocenters. The van der Waals surface area contributed by atoms with Crippen LogP contribution < -0.4 is 0 Å². The van der Waals surface area contributed by atoms with E-state index in [1.807, 2.05) is 12.1 Å². The fraction of sp³-hybridized carbons (Fsp3) is 0.333. The molecule has 0 saturated carbocycles. The van der Waals surface area contributed by atoms with Crippen molar-refractivity contribution in [3.8, 4) is 0 Å². The molecular formula is C15H15BrN2O2. The van der Waals surface area contributed by atoms with Crippen LogP contribution in [0.3, 0.4) is 0 Å². The molecule has 1 N–H and O–H groups in total. The highest BCUT2D eigenvalue weighted by Gasteiger charge is 2.28. The van der Waals surface area contributed by atoms with Crippen LogP contribution in [0.1, 0.15) is 12.0 Å². The minimum atomic E-state index is -0.690. The average molecular weight is 335 g/mol. The summed E-state index contributed by atoms with van der Waals surface area (Å²) in [5.41, 5.74) is 2.13. The molecule has 1 fully saturated rings. The van der Waals surface area contributed by atoms with Gasteiger partial charge in [0.25, 0.3) is 0 Å². The summed E-state index contributed by atoms with van der Waals surface area (Å²) in [5.74, 6) is -0.925. The van der Waals surface area contributed by atoms with E-state index in [1.165, 1.54) is 0 Å². The monoisotopic (exact) mass is 334 g/mol. The number of carbonyl (C=O) groups is 1. The zero-order chi connectivity index (χ0) is 14.1. The van der Waals surface area contributed by atoms with Crippen LogP contribution in [0.15, 0.2) is 34.9 Å². The van der Waals surface area contributed by atoms with Crippen LogP contribution in [-0.4, -0.2) is 34.0 Å². The SMILES string of the molecule is O=C(O)C1CCN(Cc2cc(Br)cc3cccnc23)C1. The largest absolute Gasteiger partial charge is 0.481 e. The van der Waals surface area contributed by atoms with E-state index >= 15 is 0 Å². The highest BCUT2D eigenvalue weighted by molar-refractivity contribution is 9.10. The number of aliphatic carboxylic acids is 1. The zero-order valence-corrected chi connectivity index (χ0v) is 12.5. The number of hydrogen-bond acceptors (Lipinski definition) is 3. The van der Waals surface area contributed by atoms with Crippen molar-refractivity contribution in [2.45, 2.75) is 13.0 Å². The molecule has 4 nitrogen and oxygen atoms in total. The first-order valence-electron chi connectivity index (χ1n) is 6.62. The molecule has 0 amide bonds. The number of nitrogens with zero attached hydrogens (tertiary/aromatic N) is 2. The Bertz CT molecular complexity index is 659. The van der Waals surface area contributed by atoms with Crippen LogP contribution in [0.4, 0.5) is 0 Å². The maximum absolute atomic E-state index is 11.0. The third-order valence-electron chi connectivity index (χ3n) is 3.76. The smallest absolute Gasteiger partial charge is 0.307 e. The van der Waals surface area contributed by atoms with E-state index in [-0.39, 0.29) is 5.92 Å². The normalized spacial score (nSPS) is 19.6. The summed E-state index contributed by atoms with van der Waals surface area (Å²) in [7, 11) is 0. The van der Waals surface area contributed by atoms with Crippen LogP contribution in [0.2, 0.25) is 0 Å². The zero-order valence-electron chi connectivity index (χ0n) is 10.9. The van der Waals surface area contributed by atoms with Gasteiger partial charge < -0.3 is 5.11 Å². The second-order valence-electron chi connectivity index (χ2n) is 5.20. The lowest BCUT2D eigenvalue weighted by atomic mass is 10.1. The summed E-state index contributed by atoms with van der Waals surface area (Å²) in [4.78, 5) is 17.7. The van der Waals surface area contributed by atoms with E-state index in [0.29, 0.717) is 6.54 Å². The minimum absolute atomic E-state index is 0.235. The van der Waals surface area contributed by atoms with Gasteiger partial charge in [-0.15, -0.1) is 0 Å². The van der Waals surface area contributed by atoms with Gasteiger partial charge in [-0.25, -0.2) is 0 Å². The number of likely N-dealkylation sites (tertiary alicyclic amines) is 1. The molecule has 104 valence electrons. The number of fused-ring (bicyclic) bond motifs is 1. The number of aromatic nitrogens is 1. The standard InChI is InChI=1S/C15H15BrN2O2/c16-13-6-10-2-1-4-17-14(10)12(7-13)9-18-5-3-11(8-18)15(19)20/h1-2,4,6-7,11H,3,5,8-9H2,(H,19,20). The summed E-state index contributed by atoms with van der Waals surface area (Å²) in [6, 6.07) is 8.09. The Morgan fingerprint density at radius 2 is 2.35 bits per heavy atom. The van der Waals surface area contributed by atoms with Crippen molar-refractivity contribution < 1.29 is 9.90 Å². The van der Waals surface area contributed by atoms with Gasteiger partial charge in [0.2, 0.25) is 0 Å². The molecule has 5 heteroatoms. The lowest BCUT2D eigenvalue weighted by Crippen LogP contribution is -2.23. The maximum Gasteiger partial charge on any atom is 0.307 e. The molecule has 1 aromatic heterocycles. The van der Waals surface area contributed by atoms with Crippen molar-refractivity contribution in [3.63, 3.8) is 0 Å². The predicted molar refractivity (Wildman–Crippen MR) is 80.5 cm³/mol. The Hall–Kier alpha value is -1.46. The van der Waals surface area contributed by atoms with Crippen LogP contribution >= 0.6 is 15.9 Å². The molecule has 20 heavy (non-hydrogen) atoms. The quantitative estimate of drug-likeness (QED) is 0.937. The van der Waals surface area contributed by atoms with Crippen LogP contribution in [0.25, 0.3) is 10.9 Å². The van der Waals surface area contributed by atoms with E-state index in [4.69, 9.17) is 5.11 Å². The van der Waals surface area contributed by atoms with Gasteiger partial charge in [0, 0.05) is 29.1 Å². The van der Waals surface area contributed by atoms with Gasteiger partial charge in [-0.05, 0) is 36.7 Å². The van der Waals surface area contributed by atoms with E-state index in [9.17, 15) is 4.79 Å². The van der Waals surface area contributed by atoms with Gasteiger partial charge in [0.15, 0.2) is 0 Å². The first-order valence-corrected chi connectivity index (χ1v) is 7.41. The van der Waals surface area contributed by atoms with Gasteiger partial charge in [-0.1, -0.05) is 22.0 Å². The molecule has 1 saturated heterocycles. The van der Waals surface area contributed by atoms with Gasteiger partial charge in [0.05, 0.1) is 11.4 Å². The molecule has 0 radical (unpaired) electrons. The van der Waals surface area contributed by atoms with Crippen molar-refractivity contribution in [1.82, 2.24) is 9.88 Å². The fourth-order valence-corrected chi connectivity index (χ4v) is 3.29. The van der Waals surface area contributed by atoms with E-state index in [2.05, 4.69) is 37.9 Å². The van der Waals surface area contributed by atoms with Crippen LogP contribution in [0.5, 0.6) is 0 Å². The van der Waals surface area contributed by atoms with Crippen molar-refractivity contribution in [2.24, 2.45) is 5.92 Å². The lowest BCUT2D eigenvalue weighted by Gasteiger charge is -2.16. The topological polar surface area (TPSA) is 53.4 Å². The number of halogens is 1. The van der Waals surface area contributed by atoms with Crippen molar-refractivity contribution in [3.05, 3.63) is 40.5 Å². The van der Waals surface area contributed by atoms with Crippen molar-refractivity contribution in [2.75, 3.05) is 13.1 Å². The summed E-state index contributed by atoms with van der Waals surface area (Å²) >= 11 is 3.53. The second-order valence-corrected chi connectivity index (χ2v) is 6.11. The van der Waals surface area contributed by atoms with E-state index in [0.717, 1.165) is 40.4 Å². The molecule has 1 aliphatic rings. The average Bonchev–Trinajstić information content (AvgIpc) is 2.87. The summed E-state index contributed by atoms with van der Waals surface area (Å²) in [6.45, 7) is 2.20. The van der Waals surface area contributed by atoms with Gasteiger partial charge in [-0.2, -0.15) is 0 Å². The minimum Gasteiger partial charge on any atom is -0.481 e. The van der Waals surface area contributed by atoms with Crippen molar-refractivity contribution >= 4 is 32.8 Å². The molecule has 1 aliphatic heterocycles. The Kier molecular flexibility index (Phi) is 3.72. The molecular weight excluding hydrogens is 320 g/mol. The molecule has 3 rings (SSSR count). The highest BCUT2D eigenvalue weighted by Crippen LogP contribution is 2.26. The summed E-state index contributed by atoms with van der Waals surface area (Å²) < 4.78 is 1.03. The highest BCUT2D eigenvalue weighted by atomic mass is 79.9. The van der Waals surface area contributed by atoms with Gasteiger partial charge >= 0.3 is 5.97 Å². The predicted octanol–water partition coefficient (Wildman–Crippen LogP) is 2.90. The number of carboxylic acid groups (broad SMARTS) is 1. The number of carboxylic acids is 1. The first-order chi connectivity index (χ1) is 9.63. The molecule has 1 unspecified atom stereocenters. The van der Waals surface area contributed by atoms with Crippen LogP contribution in [-0.2, 0) is 11.3 Å².